The van der Waals surface area contributed by atoms with Crippen molar-refractivity contribution >= 4 is 33.2 Å². The number of nitrogens with zero attached hydrogens (tertiary/aromatic N) is 1. The highest BCUT2D eigenvalue weighted by atomic mass is 31.0. The lowest BCUT2D eigenvalue weighted by molar-refractivity contribution is -0.105. The number of nitrogen functional groups attached to an aromatic ring is 1. The summed E-state index contributed by atoms with van der Waals surface area (Å²) in [7, 11) is 2.27. The molecule has 1 unspecified atom stereocenters. The van der Waals surface area contributed by atoms with Gasteiger partial charge < -0.3 is 21.1 Å². The van der Waals surface area contributed by atoms with Gasteiger partial charge in [0, 0.05) is 6.20 Å². The number of hydrogen-bond acceptors (Lipinski definition) is 3. The van der Waals surface area contributed by atoms with Gasteiger partial charge in [-0.3, -0.25) is 9.59 Å². The van der Waals surface area contributed by atoms with Gasteiger partial charge in [0.05, 0.1) is 11.3 Å². The number of aromatic nitrogens is 1. The minimum Gasteiger partial charge on any atom is -0.383 e. The highest BCUT2D eigenvalue weighted by molar-refractivity contribution is 7.14. The molecule has 1 atom stereocenters. The number of hydrogen-bond donors (Lipinski definition) is 3. The molecule has 1 rings (SSSR count). The number of carbonyl (C=O) groups excluding carboxylic acids is 2. The molecule has 6 nitrogen and oxygen atoms in total. The number of nitrogens with two attached hydrogens (primary N) is 2. The normalized spacial score (nSPS) is 9.62. The quantitative estimate of drug-likeness (QED) is 0.447. The molecule has 0 aliphatic heterocycles. The second-order valence-corrected chi connectivity index (χ2v) is 2.89. The second kappa shape index (κ2) is 3.45. The first-order chi connectivity index (χ1) is 6.07. The lowest BCUT2D eigenvalue weighted by atomic mass is 10.3. The summed E-state index contributed by atoms with van der Waals surface area (Å²) in [6.07, 6.45) is 1.86. The molecule has 0 spiro atoms. The molecule has 5 N–H and O–H groups in total. The average molecular weight is 200 g/mol. The smallest absolute Gasteiger partial charge is 0.252 e. The third-order valence-corrected chi connectivity index (χ3v) is 1.97. The lowest BCUT2D eigenvalue weighted by Crippen LogP contribution is -2.12. The molecule has 0 aliphatic carbocycles. The van der Waals surface area contributed by atoms with Crippen LogP contribution in [0.15, 0.2) is 6.20 Å². The standard InChI is InChI=1S/C6H9N4O2P/c7-5-4(9-2-11)3(6(8)12)1-10(5)13/h1-2H,7,13H2,(H2,8,12)(H,9,11). The highest BCUT2D eigenvalue weighted by Crippen LogP contribution is 2.26. The predicted octanol–water partition coefficient (Wildman–Crippen LogP) is -0.624. The van der Waals surface area contributed by atoms with Gasteiger partial charge in [0.1, 0.15) is 5.82 Å². The van der Waals surface area contributed by atoms with Crippen LogP contribution in [0.3, 0.4) is 0 Å². The molecular weight excluding hydrogens is 191 g/mol. The summed E-state index contributed by atoms with van der Waals surface area (Å²) in [4.78, 5) is 21.0. The number of amides is 2. The van der Waals surface area contributed by atoms with E-state index in [-0.39, 0.29) is 17.1 Å². The fourth-order valence-corrected chi connectivity index (χ4v) is 1.22. The fraction of sp³-hybridized carbons (Fsp3) is 0. The van der Waals surface area contributed by atoms with E-state index in [0.29, 0.717) is 6.41 Å². The van der Waals surface area contributed by atoms with Crippen molar-refractivity contribution < 1.29 is 9.59 Å². The summed E-state index contributed by atoms with van der Waals surface area (Å²) in [5.41, 5.74) is 11.0. The van der Waals surface area contributed by atoms with Crippen molar-refractivity contribution in [2.45, 2.75) is 0 Å². The van der Waals surface area contributed by atoms with E-state index in [1.165, 1.54) is 10.5 Å². The zero-order valence-electron chi connectivity index (χ0n) is 6.65. The van der Waals surface area contributed by atoms with Crippen LogP contribution in [0.4, 0.5) is 11.5 Å². The number of carbonyl (C=O) groups is 2. The first-order valence-electron chi connectivity index (χ1n) is 3.33. The molecule has 2 amide bonds. The minimum atomic E-state index is -0.641. The molecule has 70 valence electrons. The van der Waals surface area contributed by atoms with Crippen LogP contribution in [-0.4, -0.2) is 16.7 Å². The molecule has 0 radical (unpaired) electrons. The van der Waals surface area contributed by atoms with Gasteiger partial charge >= 0.3 is 0 Å². The van der Waals surface area contributed by atoms with E-state index in [1.807, 2.05) is 0 Å². The van der Waals surface area contributed by atoms with Crippen molar-refractivity contribution in [3.8, 4) is 0 Å². The molecule has 13 heavy (non-hydrogen) atoms. The Morgan fingerprint density at radius 2 is 2.31 bits per heavy atom. The second-order valence-electron chi connectivity index (χ2n) is 2.34. The zero-order valence-corrected chi connectivity index (χ0v) is 7.81. The summed E-state index contributed by atoms with van der Waals surface area (Å²) >= 11 is 0. The summed E-state index contributed by atoms with van der Waals surface area (Å²) in [6.45, 7) is 0. The molecule has 0 saturated carbocycles. The number of nitrogens with one attached hydrogen (secondary N) is 1. The molecule has 0 fully saturated rings. The Balaban J connectivity index is 3.25. The van der Waals surface area contributed by atoms with E-state index >= 15 is 0 Å². The molecule has 7 heteroatoms. The van der Waals surface area contributed by atoms with Gasteiger partial charge in [0.25, 0.3) is 5.91 Å². The van der Waals surface area contributed by atoms with Crippen LogP contribution >= 0.6 is 9.39 Å². The van der Waals surface area contributed by atoms with Gasteiger partial charge in [-0.05, 0) is 9.39 Å². The highest BCUT2D eigenvalue weighted by Gasteiger charge is 2.14. The van der Waals surface area contributed by atoms with Gasteiger partial charge in [-0.25, -0.2) is 0 Å². The van der Waals surface area contributed by atoms with Gasteiger partial charge in [0.15, 0.2) is 0 Å². The predicted molar refractivity (Wildman–Crippen MR) is 52.2 cm³/mol. The van der Waals surface area contributed by atoms with E-state index in [9.17, 15) is 9.59 Å². The summed E-state index contributed by atoms with van der Waals surface area (Å²) in [5, 5.41) is 2.31. The third-order valence-electron chi connectivity index (χ3n) is 1.54. The fourth-order valence-electron chi connectivity index (χ4n) is 0.938. The van der Waals surface area contributed by atoms with Gasteiger partial charge in [0.2, 0.25) is 6.41 Å². The molecule has 1 heterocycles. The van der Waals surface area contributed by atoms with Gasteiger partial charge in [-0.2, -0.15) is 0 Å². The van der Waals surface area contributed by atoms with Crippen molar-refractivity contribution in [2.24, 2.45) is 5.73 Å². The minimum absolute atomic E-state index is 0.180. The number of anilines is 2. The van der Waals surface area contributed by atoms with Crippen LogP contribution in [-0.2, 0) is 4.79 Å². The first kappa shape index (κ1) is 9.54. The van der Waals surface area contributed by atoms with E-state index in [1.54, 1.807) is 0 Å². The Hall–Kier alpha value is -1.55. The number of rotatable bonds is 3. The lowest BCUT2D eigenvalue weighted by Gasteiger charge is -1.99. The largest absolute Gasteiger partial charge is 0.383 e. The topological polar surface area (TPSA) is 103 Å². The van der Waals surface area contributed by atoms with Crippen molar-refractivity contribution in [1.82, 2.24) is 4.34 Å². The van der Waals surface area contributed by atoms with Gasteiger partial charge in [-0.15, -0.1) is 0 Å². The summed E-state index contributed by atoms with van der Waals surface area (Å²) < 4.78 is 1.42. The van der Waals surface area contributed by atoms with Crippen molar-refractivity contribution in [1.29, 1.82) is 0 Å². The van der Waals surface area contributed by atoms with E-state index in [4.69, 9.17) is 11.5 Å². The molecule has 0 aromatic carbocycles. The van der Waals surface area contributed by atoms with Crippen LogP contribution in [0.1, 0.15) is 10.4 Å². The molecule has 1 aromatic heterocycles. The monoisotopic (exact) mass is 200 g/mol. The molecule has 0 saturated heterocycles. The van der Waals surface area contributed by atoms with Crippen LogP contribution in [0.5, 0.6) is 0 Å². The van der Waals surface area contributed by atoms with Crippen molar-refractivity contribution in [3.63, 3.8) is 0 Å². The molecule has 0 aliphatic rings. The van der Waals surface area contributed by atoms with Crippen molar-refractivity contribution in [3.05, 3.63) is 11.8 Å². The Labute approximate surface area is 76.5 Å². The SMILES string of the molecule is NC(=O)c1cn(P)c(N)c1NC=O. The van der Waals surface area contributed by atoms with E-state index in [0.717, 1.165) is 0 Å². The van der Waals surface area contributed by atoms with Crippen LogP contribution in [0.2, 0.25) is 0 Å². The maximum Gasteiger partial charge on any atom is 0.252 e. The summed E-state index contributed by atoms with van der Waals surface area (Å²) in [6, 6.07) is 0. The number of primary amides is 1. The molecule has 1 aromatic rings. The Morgan fingerprint density at radius 3 is 2.77 bits per heavy atom. The van der Waals surface area contributed by atoms with Crippen LogP contribution in [0.25, 0.3) is 0 Å². The Kier molecular flexibility index (Phi) is 2.53. The van der Waals surface area contributed by atoms with Gasteiger partial charge in [-0.1, -0.05) is 0 Å². The Morgan fingerprint density at radius 1 is 1.69 bits per heavy atom. The zero-order chi connectivity index (χ0) is 10.0. The molecule has 0 bridgehead atoms. The maximum absolute atomic E-state index is 10.9. The van der Waals surface area contributed by atoms with Crippen LogP contribution in [0, 0.1) is 0 Å². The average Bonchev–Trinajstić information content (AvgIpc) is 2.33. The first-order valence-corrected chi connectivity index (χ1v) is 3.85. The third kappa shape index (κ3) is 1.62. The summed E-state index contributed by atoms with van der Waals surface area (Å²) in [5.74, 6) is -0.386. The van der Waals surface area contributed by atoms with Crippen molar-refractivity contribution in [2.75, 3.05) is 11.1 Å². The Bertz CT molecular complexity index is 360. The van der Waals surface area contributed by atoms with Crippen LogP contribution < -0.4 is 16.8 Å². The van der Waals surface area contributed by atoms with E-state index < -0.39 is 5.91 Å². The van der Waals surface area contributed by atoms with E-state index in [2.05, 4.69) is 14.7 Å². The molecular formula is C6H9N4O2P. The maximum atomic E-state index is 10.9.